The van der Waals surface area contributed by atoms with Crippen molar-refractivity contribution in [2.75, 3.05) is 6.61 Å². The van der Waals surface area contributed by atoms with Gasteiger partial charge in [0.1, 0.15) is 11.5 Å². The van der Waals surface area contributed by atoms with Crippen molar-refractivity contribution < 1.29 is 9.53 Å². The lowest BCUT2D eigenvalue weighted by Gasteiger charge is -2.20. The number of hydrogen-bond acceptors (Lipinski definition) is 2. The van der Waals surface area contributed by atoms with Gasteiger partial charge in [0.25, 0.3) is 0 Å². The Morgan fingerprint density at radius 3 is 2.53 bits per heavy atom. The Bertz CT molecular complexity index is 366. The van der Waals surface area contributed by atoms with Gasteiger partial charge in [-0.2, -0.15) is 0 Å². The van der Waals surface area contributed by atoms with Crippen LogP contribution < -0.4 is 4.74 Å². The first-order valence-electron chi connectivity index (χ1n) is 7.57. The fourth-order valence-corrected chi connectivity index (χ4v) is 2.74. The van der Waals surface area contributed by atoms with Crippen LogP contribution >= 0.6 is 0 Å². The van der Waals surface area contributed by atoms with Gasteiger partial charge in [0.15, 0.2) is 0 Å². The summed E-state index contributed by atoms with van der Waals surface area (Å²) in [6.07, 6.45) is 8.72. The van der Waals surface area contributed by atoms with Gasteiger partial charge in [-0.25, -0.2) is 0 Å². The summed E-state index contributed by atoms with van der Waals surface area (Å²) in [6, 6.07) is 9.86. The molecule has 104 valence electrons. The van der Waals surface area contributed by atoms with Gasteiger partial charge in [-0.1, -0.05) is 37.5 Å². The van der Waals surface area contributed by atoms with Crippen LogP contribution in [0.3, 0.4) is 0 Å². The highest BCUT2D eigenvalue weighted by Crippen LogP contribution is 2.25. The molecule has 2 rings (SSSR count). The molecule has 0 saturated heterocycles. The topological polar surface area (TPSA) is 26.3 Å². The molecule has 19 heavy (non-hydrogen) atoms. The van der Waals surface area contributed by atoms with Gasteiger partial charge in [-0.05, 0) is 37.8 Å². The lowest BCUT2D eigenvalue weighted by atomic mass is 9.85. The summed E-state index contributed by atoms with van der Waals surface area (Å²) in [4.78, 5) is 12.0. The number of unbranched alkanes of at least 4 members (excludes halogenated alkanes) is 1. The molecule has 1 fully saturated rings. The lowest BCUT2D eigenvalue weighted by Crippen LogP contribution is -2.17. The van der Waals surface area contributed by atoms with Crippen LogP contribution in [0, 0.1) is 5.92 Å². The van der Waals surface area contributed by atoms with Crippen LogP contribution in [0.4, 0.5) is 0 Å². The Hall–Kier alpha value is -1.31. The zero-order valence-electron chi connectivity index (χ0n) is 11.6. The fourth-order valence-electron chi connectivity index (χ4n) is 2.74. The first kappa shape index (κ1) is 14.1. The zero-order chi connectivity index (χ0) is 13.3. The van der Waals surface area contributed by atoms with Crippen LogP contribution in [0.25, 0.3) is 0 Å². The van der Waals surface area contributed by atoms with Crippen molar-refractivity contribution in [1.82, 2.24) is 0 Å². The molecule has 0 amide bonds. The van der Waals surface area contributed by atoms with E-state index in [2.05, 4.69) is 0 Å². The highest BCUT2D eigenvalue weighted by Gasteiger charge is 2.20. The van der Waals surface area contributed by atoms with E-state index in [-0.39, 0.29) is 0 Å². The average Bonchev–Trinajstić information content (AvgIpc) is 2.49. The summed E-state index contributed by atoms with van der Waals surface area (Å²) in [5, 5.41) is 0. The number of carbonyl (C=O) groups is 1. The summed E-state index contributed by atoms with van der Waals surface area (Å²) in [6.45, 7) is 0.710. The van der Waals surface area contributed by atoms with E-state index in [0.29, 0.717) is 18.3 Å². The van der Waals surface area contributed by atoms with Crippen LogP contribution in [0.2, 0.25) is 0 Å². The maximum absolute atomic E-state index is 12.0. The quantitative estimate of drug-likeness (QED) is 0.680. The smallest absolute Gasteiger partial charge is 0.135 e. The summed E-state index contributed by atoms with van der Waals surface area (Å²) in [5.74, 6) is 1.77. The normalized spacial score (nSPS) is 16.2. The molecule has 0 atom stereocenters. The standard InChI is InChI=1S/C17H24O2/c18-17(15-9-3-1-4-10-15)13-7-8-14-19-16-11-5-2-6-12-16/h2,5-6,11-12,15H,1,3-4,7-10,13-14H2. The Morgan fingerprint density at radius 2 is 1.79 bits per heavy atom. The molecule has 1 aliphatic rings. The lowest BCUT2D eigenvalue weighted by molar-refractivity contribution is -0.123. The Kier molecular flexibility index (Phi) is 5.93. The molecule has 0 aromatic heterocycles. The number of carbonyl (C=O) groups excluding carboxylic acids is 1. The highest BCUT2D eigenvalue weighted by atomic mass is 16.5. The monoisotopic (exact) mass is 260 g/mol. The minimum absolute atomic E-state index is 0.365. The molecule has 1 aromatic carbocycles. The van der Waals surface area contributed by atoms with E-state index >= 15 is 0 Å². The number of ether oxygens (including phenoxy) is 1. The number of hydrogen-bond donors (Lipinski definition) is 0. The van der Waals surface area contributed by atoms with E-state index in [1.807, 2.05) is 30.3 Å². The number of para-hydroxylation sites is 1. The van der Waals surface area contributed by atoms with E-state index in [1.54, 1.807) is 0 Å². The third kappa shape index (κ3) is 5.06. The van der Waals surface area contributed by atoms with Crippen molar-refractivity contribution in [3.8, 4) is 5.75 Å². The molecule has 0 spiro atoms. The summed E-state index contributed by atoms with van der Waals surface area (Å²) in [7, 11) is 0. The molecule has 0 unspecified atom stereocenters. The van der Waals surface area contributed by atoms with Crippen molar-refractivity contribution in [3.63, 3.8) is 0 Å². The Morgan fingerprint density at radius 1 is 1.05 bits per heavy atom. The molecule has 2 heteroatoms. The van der Waals surface area contributed by atoms with Crippen molar-refractivity contribution in [1.29, 1.82) is 0 Å². The summed E-state index contributed by atoms with van der Waals surface area (Å²) < 4.78 is 5.62. The maximum Gasteiger partial charge on any atom is 0.135 e. The third-order valence-corrected chi connectivity index (χ3v) is 3.89. The SMILES string of the molecule is O=C(CCCCOc1ccccc1)C1CCCCC1. The third-order valence-electron chi connectivity index (χ3n) is 3.89. The molecule has 2 nitrogen and oxygen atoms in total. The maximum atomic E-state index is 12.0. The van der Waals surface area contributed by atoms with Crippen LogP contribution in [-0.2, 0) is 4.79 Å². The molecule has 0 bridgehead atoms. The van der Waals surface area contributed by atoms with Gasteiger partial charge in [0, 0.05) is 12.3 Å². The molecule has 0 heterocycles. The fraction of sp³-hybridized carbons (Fsp3) is 0.588. The van der Waals surface area contributed by atoms with Crippen LogP contribution in [0.1, 0.15) is 51.4 Å². The second-order valence-electron chi connectivity index (χ2n) is 5.42. The van der Waals surface area contributed by atoms with Crippen LogP contribution in [-0.4, -0.2) is 12.4 Å². The van der Waals surface area contributed by atoms with E-state index in [4.69, 9.17) is 4.74 Å². The van der Waals surface area contributed by atoms with Crippen LogP contribution in [0.5, 0.6) is 5.75 Å². The van der Waals surface area contributed by atoms with Gasteiger partial charge < -0.3 is 4.74 Å². The summed E-state index contributed by atoms with van der Waals surface area (Å²) >= 11 is 0. The number of ketones is 1. The largest absolute Gasteiger partial charge is 0.494 e. The molecule has 1 aromatic rings. The van der Waals surface area contributed by atoms with Gasteiger partial charge in [-0.3, -0.25) is 4.79 Å². The highest BCUT2D eigenvalue weighted by molar-refractivity contribution is 5.80. The number of rotatable bonds is 7. The van der Waals surface area contributed by atoms with E-state index in [9.17, 15) is 4.79 Å². The second-order valence-corrected chi connectivity index (χ2v) is 5.42. The summed E-state index contributed by atoms with van der Waals surface area (Å²) in [5.41, 5.74) is 0. The Labute approximate surface area is 116 Å². The predicted octanol–water partition coefficient (Wildman–Crippen LogP) is 4.39. The number of benzene rings is 1. The molecule has 1 saturated carbocycles. The minimum atomic E-state index is 0.365. The molecular formula is C17H24O2. The van der Waals surface area contributed by atoms with Crippen molar-refractivity contribution in [2.24, 2.45) is 5.92 Å². The van der Waals surface area contributed by atoms with E-state index in [0.717, 1.165) is 37.9 Å². The van der Waals surface area contributed by atoms with E-state index < -0.39 is 0 Å². The van der Waals surface area contributed by atoms with Crippen molar-refractivity contribution in [2.45, 2.75) is 51.4 Å². The van der Waals surface area contributed by atoms with E-state index in [1.165, 1.54) is 19.3 Å². The number of Topliss-reactive ketones (excluding diaryl/α,β-unsaturated/α-hetero) is 1. The Balaban J connectivity index is 1.55. The van der Waals surface area contributed by atoms with Gasteiger partial charge >= 0.3 is 0 Å². The minimum Gasteiger partial charge on any atom is -0.494 e. The molecule has 0 radical (unpaired) electrons. The first-order valence-corrected chi connectivity index (χ1v) is 7.57. The molecule has 0 aliphatic heterocycles. The second kappa shape index (κ2) is 7.98. The molecular weight excluding hydrogens is 236 g/mol. The molecule has 0 N–H and O–H groups in total. The molecule has 1 aliphatic carbocycles. The average molecular weight is 260 g/mol. The van der Waals surface area contributed by atoms with Gasteiger partial charge in [0.05, 0.1) is 6.61 Å². The van der Waals surface area contributed by atoms with Gasteiger partial charge in [-0.15, -0.1) is 0 Å². The van der Waals surface area contributed by atoms with Crippen molar-refractivity contribution >= 4 is 5.78 Å². The van der Waals surface area contributed by atoms with Crippen LogP contribution in [0.15, 0.2) is 30.3 Å². The first-order chi connectivity index (χ1) is 9.36. The van der Waals surface area contributed by atoms with Crippen molar-refractivity contribution in [3.05, 3.63) is 30.3 Å². The predicted molar refractivity (Wildman–Crippen MR) is 77.4 cm³/mol. The zero-order valence-corrected chi connectivity index (χ0v) is 11.6. The van der Waals surface area contributed by atoms with Gasteiger partial charge in [0.2, 0.25) is 0 Å².